The Hall–Kier alpha value is -2.20. The lowest BCUT2D eigenvalue weighted by atomic mass is 10.1. The summed E-state index contributed by atoms with van der Waals surface area (Å²) >= 11 is 0.998. The van der Waals surface area contributed by atoms with E-state index in [2.05, 4.69) is 4.98 Å². The first-order chi connectivity index (χ1) is 9.38. The molecule has 0 radical (unpaired) electrons. The lowest BCUT2D eigenvalue weighted by Crippen LogP contribution is -2.25. The molecule has 0 aliphatic rings. The molecule has 20 heavy (non-hydrogen) atoms. The van der Waals surface area contributed by atoms with E-state index in [9.17, 15) is 9.59 Å². The number of carboxylic acids is 1. The maximum absolute atomic E-state index is 12.5. The molecule has 0 bridgehead atoms. The van der Waals surface area contributed by atoms with Crippen molar-refractivity contribution in [2.75, 3.05) is 0 Å². The smallest absolute Gasteiger partial charge is 0.346 e. The van der Waals surface area contributed by atoms with Crippen LogP contribution in [0, 0.1) is 18.3 Å². The lowest BCUT2D eigenvalue weighted by molar-refractivity contribution is 0.0701. The molecule has 104 valence electrons. The minimum absolute atomic E-state index is 0.0314. The number of aromatic nitrogens is 2. The topological polar surface area (TPSA) is 96.0 Å². The van der Waals surface area contributed by atoms with Crippen LogP contribution in [-0.2, 0) is 6.54 Å². The summed E-state index contributed by atoms with van der Waals surface area (Å²) < 4.78 is 1.32. The van der Waals surface area contributed by atoms with Crippen molar-refractivity contribution < 1.29 is 9.90 Å². The maximum Gasteiger partial charge on any atom is 0.346 e. The molecule has 0 atom stereocenters. The molecule has 0 spiro atoms. The summed E-state index contributed by atoms with van der Waals surface area (Å²) in [6.07, 6.45) is 0. The highest BCUT2D eigenvalue weighted by atomic mass is 32.1. The molecular weight excluding hydrogens is 278 g/mol. The maximum atomic E-state index is 12.5. The van der Waals surface area contributed by atoms with Gasteiger partial charge in [0.2, 0.25) is 0 Å². The van der Waals surface area contributed by atoms with Gasteiger partial charge in [-0.3, -0.25) is 9.36 Å². The van der Waals surface area contributed by atoms with Crippen molar-refractivity contribution in [3.63, 3.8) is 0 Å². The van der Waals surface area contributed by atoms with Gasteiger partial charge in [0.25, 0.3) is 5.56 Å². The van der Waals surface area contributed by atoms with E-state index in [1.165, 1.54) is 4.57 Å². The van der Waals surface area contributed by atoms with Gasteiger partial charge in [0, 0.05) is 5.92 Å². The van der Waals surface area contributed by atoms with E-state index in [1.807, 2.05) is 19.9 Å². The molecule has 0 unspecified atom stereocenters. The van der Waals surface area contributed by atoms with Crippen molar-refractivity contribution in [3.8, 4) is 6.07 Å². The van der Waals surface area contributed by atoms with Crippen LogP contribution in [0.4, 0.5) is 0 Å². The van der Waals surface area contributed by atoms with Crippen LogP contribution in [0.1, 0.15) is 40.8 Å². The van der Waals surface area contributed by atoms with Crippen LogP contribution < -0.4 is 5.56 Å². The normalized spacial score (nSPS) is 10.9. The van der Waals surface area contributed by atoms with Gasteiger partial charge in [-0.1, -0.05) is 13.8 Å². The monoisotopic (exact) mass is 291 g/mol. The Kier molecular flexibility index (Phi) is 3.59. The molecule has 0 amide bonds. The van der Waals surface area contributed by atoms with Crippen molar-refractivity contribution in [1.29, 1.82) is 5.26 Å². The third-order valence-corrected chi connectivity index (χ3v) is 4.19. The van der Waals surface area contributed by atoms with Crippen LogP contribution in [0.15, 0.2) is 4.79 Å². The first-order valence-corrected chi connectivity index (χ1v) is 6.84. The van der Waals surface area contributed by atoms with Crippen LogP contribution >= 0.6 is 11.3 Å². The summed E-state index contributed by atoms with van der Waals surface area (Å²) in [6, 6.07) is 1.94. The fourth-order valence-electron chi connectivity index (χ4n) is 2.10. The number of rotatable bonds is 3. The Bertz CT molecular complexity index is 796. The van der Waals surface area contributed by atoms with E-state index in [4.69, 9.17) is 10.4 Å². The minimum atomic E-state index is -1.07. The Labute approximate surface area is 118 Å². The Balaban J connectivity index is 2.92. The number of carboxylic acid groups (broad SMARTS) is 1. The summed E-state index contributed by atoms with van der Waals surface area (Å²) in [4.78, 5) is 28.6. The molecule has 0 aromatic carbocycles. The molecule has 6 nitrogen and oxygen atoms in total. The highest BCUT2D eigenvalue weighted by Crippen LogP contribution is 2.28. The predicted molar refractivity (Wildman–Crippen MR) is 75.3 cm³/mol. The summed E-state index contributed by atoms with van der Waals surface area (Å²) in [5, 5.41) is 18.3. The molecule has 2 aromatic rings. The second-order valence-electron chi connectivity index (χ2n) is 4.72. The Morgan fingerprint density at radius 3 is 2.70 bits per heavy atom. The van der Waals surface area contributed by atoms with Gasteiger partial charge in [-0.2, -0.15) is 5.26 Å². The number of aryl methyl sites for hydroxylation is 1. The highest BCUT2D eigenvalue weighted by Gasteiger charge is 2.21. The van der Waals surface area contributed by atoms with Crippen molar-refractivity contribution in [2.45, 2.75) is 33.2 Å². The fraction of sp³-hybridized carbons (Fsp3) is 0.385. The van der Waals surface area contributed by atoms with Crippen LogP contribution in [0.3, 0.4) is 0 Å². The van der Waals surface area contributed by atoms with E-state index in [-0.39, 0.29) is 22.9 Å². The summed E-state index contributed by atoms with van der Waals surface area (Å²) in [5.74, 6) is -0.596. The third-order valence-electron chi connectivity index (χ3n) is 3.02. The number of nitrogens with zero attached hydrogens (tertiary/aromatic N) is 3. The van der Waals surface area contributed by atoms with Crippen LogP contribution in [0.25, 0.3) is 10.2 Å². The van der Waals surface area contributed by atoms with Gasteiger partial charge in [-0.25, -0.2) is 9.78 Å². The van der Waals surface area contributed by atoms with Crippen LogP contribution in [0.5, 0.6) is 0 Å². The van der Waals surface area contributed by atoms with E-state index in [0.29, 0.717) is 21.6 Å². The van der Waals surface area contributed by atoms with Crippen molar-refractivity contribution in [1.82, 2.24) is 9.55 Å². The number of nitriles is 1. The number of thiophene rings is 1. The van der Waals surface area contributed by atoms with E-state index < -0.39 is 5.97 Å². The van der Waals surface area contributed by atoms with E-state index in [1.54, 1.807) is 6.92 Å². The van der Waals surface area contributed by atoms with Gasteiger partial charge in [0.15, 0.2) is 0 Å². The van der Waals surface area contributed by atoms with E-state index in [0.717, 1.165) is 11.3 Å². The van der Waals surface area contributed by atoms with Gasteiger partial charge in [0.1, 0.15) is 22.1 Å². The van der Waals surface area contributed by atoms with Gasteiger partial charge >= 0.3 is 5.97 Å². The largest absolute Gasteiger partial charge is 0.477 e. The zero-order chi connectivity index (χ0) is 15.0. The molecule has 0 saturated carbocycles. The van der Waals surface area contributed by atoms with Crippen LogP contribution in [0.2, 0.25) is 0 Å². The van der Waals surface area contributed by atoms with Gasteiger partial charge in [-0.15, -0.1) is 11.3 Å². The number of carbonyl (C=O) groups is 1. The SMILES string of the molecule is Cc1c(C(=O)O)sc2nc(C(C)C)n(CC#N)c(=O)c12. The van der Waals surface area contributed by atoms with Gasteiger partial charge in [0.05, 0.1) is 11.5 Å². The molecule has 0 aliphatic carbocycles. The van der Waals surface area contributed by atoms with Crippen molar-refractivity contribution in [2.24, 2.45) is 0 Å². The quantitative estimate of drug-likeness (QED) is 0.934. The van der Waals surface area contributed by atoms with Gasteiger partial charge in [-0.05, 0) is 12.5 Å². The van der Waals surface area contributed by atoms with Crippen LogP contribution in [-0.4, -0.2) is 20.6 Å². The predicted octanol–water partition coefficient (Wildman–Crippen LogP) is 2.11. The average Bonchev–Trinajstić information content (AvgIpc) is 2.70. The molecule has 0 saturated heterocycles. The lowest BCUT2D eigenvalue weighted by Gasteiger charge is -2.11. The number of aromatic carboxylic acids is 1. The van der Waals surface area contributed by atoms with Gasteiger partial charge < -0.3 is 5.11 Å². The number of fused-ring (bicyclic) bond motifs is 1. The molecule has 1 N–H and O–H groups in total. The zero-order valence-electron chi connectivity index (χ0n) is 11.3. The molecule has 7 heteroatoms. The second kappa shape index (κ2) is 5.06. The summed E-state index contributed by atoms with van der Waals surface area (Å²) in [7, 11) is 0. The highest BCUT2D eigenvalue weighted by molar-refractivity contribution is 7.20. The first-order valence-electron chi connectivity index (χ1n) is 6.02. The van der Waals surface area contributed by atoms with E-state index >= 15 is 0 Å². The standard InChI is InChI=1S/C13H13N3O3S/c1-6(2)10-15-11-8(12(17)16(10)5-4-14)7(3)9(20-11)13(18)19/h6H,5H2,1-3H3,(H,18,19). The Morgan fingerprint density at radius 2 is 2.20 bits per heavy atom. The molecular formula is C13H13N3O3S. The molecule has 2 aromatic heterocycles. The third kappa shape index (κ3) is 2.08. The second-order valence-corrected chi connectivity index (χ2v) is 5.71. The fourth-order valence-corrected chi connectivity index (χ4v) is 3.12. The van der Waals surface area contributed by atoms with Crippen molar-refractivity contribution >= 4 is 27.5 Å². The zero-order valence-corrected chi connectivity index (χ0v) is 12.1. The number of hydrogen-bond acceptors (Lipinski definition) is 5. The average molecular weight is 291 g/mol. The number of hydrogen-bond donors (Lipinski definition) is 1. The van der Waals surface area contributed by atoms with Crippen molar-refractivity contribution in [3.05, 3.63) is 26.6 Å². The molecule has 0 aliphatic heterocycles. The first kappa shape index (κ1) is 14.2. The summed E-state index contributed by atoms with van der Waals surface area (Å²) in [6.45, 7) is 5.25. The molecule has 2 heterocycles. The molecule has 2 rings (SSSR count). The summed E-state index contributed by atoms with van der Waals surface area (Å²) in [5.41, 5.74) is 0.0681. The Morgan fingerprint density at radius 1 is 1.55 bits per heavy atom. The molecule has 0 fully saturated rings. The minimum Gasteiger partial charge on any atom is -0.477 e.